The van der Waals surface area contributed by atoms with Gasteiger partial charge in [-0.1, -0.05) is 6.92 Å². The largest absolute Gasteiger partial charge is 0.367 e. The number of ketones is 1. The number of nitrogens with one attached hydrogen (secondary N) is 1. The quantitative estimate of drug-likeness (QED) is 0.813. The van der Waals surface area contributed by atoms with E-state index >= 15 is 0 Å². The van der Waals surface area contributed by atoms with Crippen molar-refractivity contribution in [3.63, 3.8) is 0 Å². The second-order valence-corrected chi connectivity index (χ2v) is 4.18. The zero-order valence-electron chi connectivity index (χ0n) is 10.0. The smallest absolute Gasteiger partial charge is 0.162 e. The fourth-order valence-corrected chi connectivity index (χ4v) is 2.04. The molecule has 1 heterocycles. The number of benzene rings is 1. The van der Waals surface area contributed by atoms with E-state index in [0.717, 1.165) is 26.2 Å². The van der Waals surface area contributed by atoms with Gasteiger partial charge in [0, 0.05) is 38.2 Å². The lowest BCUT2D eigenvalue weighted by Gasteiger charge is -2.29. The van der Waals surface area contributed by atoms with Gasteiger partial charge in [0.2, 0.25) is 0 Å². The molecule has 1 saturated heterocycles. The van der Waals surface area contributed by atoms with Crippen LogP contribution in [0.1, 0.15) is 23.7 Å². The molecule has 1 aromatic rings. The Morgan fingerprint density at radius 3 is 2.76 bits per heavy atom. The number of piperazine rings is 1. The van der Waals surface area contributed by atoms with Crippen LogP contribution in [0.2, 0.25) is 0 Å². The van der Waals surface area contributed by atoms with Gasteiger partial charge in [-0.3, -0.25) is 4.79 Å². The first-order chi connectivity index (χ1) is 8.22. The minimum atomic E-state index is -0.250. The molecule has 0 spiro atoms. The van der Waals surface area contributed by atoms with Crippen molar-refractivity contribution in [2.24, 2.45) is 0 Å². The molecule has 0 radical (unpaired) electrons. The second kappa shape index (κ2) is 5.27. The van der Waals surface area contributed by atoms with E-state index in [9.17, 15) is 9.18 Å². The minimum absolute atomic E-state index is 0.0568. The fraction of sp³-hybridized carbons (Fsp3) is 0.462. The fourth-order valence-electron chi connectivity index (χ4n) is 2.04. The number of rotatable bonds is 3. The van der Waals surface area contributed by atoms with E-state index in [1.54, 1.807) is 12.1 Å². The molecule has 0 amide bonds. The van der Waals surface area contributed by atoms with E-state index in [2.05, 4.69) is 5.32 Å². The van der Waals surface area contributed by atoms with Gasteiger partial charge in [0.1, 0.15) is 5.82 Å². The summed E-state index contributed by atoms with van der Waals surface area (Å²) in [5.74, 6) is -0.194. The Labute approximate surface area is 101 Å². The average Bonchev–Trinajstić information content (AvgIpc) is 2.39. The molecule has 1 N–H and O–H groups in total. The summed E-state index contributed by atoms with van der Waals surface area (Å²) in [6.45, 7) is 5.08. The third-order valence-electron chi connectivity index (χ3n) is 3.05. The van der Waals surface area contributed by atoms with Crippen molar-refractivity contribution in [1.82, 2.24) is 5.32 Å². The molecule has 0 atom stereocenters. The lowest BCUT2D eigenvalue weighted by atomic mass is 10.1. The van der Waals surface area contributed by atoms with Crippen molar-refractivity contribution in [3.05, 3.63) is 29.6 Å². The van der Waals surface area contributed by atoms with E-state index in [0.29, 0.717) is 17.7 Å². The molecule has 0 aromatic heterocycles. The molecule has 1 aromatic carbocycles. The molecule has 0 unspecified atom stereocenters. The topological polar surface area (TPSA) is 32.3 Å². The number of carbonyl (C=O) groups is 1. The highest BCUT2D eigenvalue weighted by Gasteiger charge is 2.16. The van der Waals surface area contributed by atoms with E-state index in [4.69, 9.17) is 0 Å². The van der Waals surface area contributed by atoms with E-state index in [1.807, 2.05) is 11.8 Å². The van der Waals surface area contributed by atoms with Gasteiger partial charge in [-0.25, -0.2) is 4.39 Å². The van der Waals surface area contributed by atoms with Gasteiger partial charge in [-0.05, 0) is 18.2 Å². The van der Waals surface area contributed by atoms with Gasteiger partial charge in [0.15, 0.2) is 5.78 Å². The van der Waals surface area contributed by atoms with E-state index in [-0.39, 0.29) is 11.6 Å². The first-order valence-electron chi connectivity index (χ1n) is 6.00. The summed E-state index contributed by atoms with van der Waals surface area (Å²) in [6, 6.07) is 4.62. The maximum absolute atomic E-state index is 13.7. The first-order valence-corrected chi connectivity index (χ1v) is 6.00. The predicted octanol–water partition coefficient (Wildman–Crippen LogP) is 1.83. The van der Waals surface area contributed by atoms with Crippen LogP contribution in [0.5, 0.6) is 0 Å². The number of nitrogens with zero attached hydrogens (tertiary/aromatic N) is 1. The first kappa shape index (κ1) is 12.0. The molecule has 1 aliphatic rings. The third kappa shape index (κ3) is 2.64. The zero-order valence-corrected chi connectivity index (χ0v) is 10.0. The summed E-state index contributed by atoms with van der Waals surface area (Å²) in [5.41, 5.74) is 1.15. The molecule has 0 bridgehead atoms. The Balaban J connectivity index is 2.28. The van der Waals surface area contributed by atoms with Crippen molar-refractivity contribution >= 4 is 11.5 Å². The lowest BCUT2D eigenvalue weighted by molar-refractivity contribution is 0.0988. The van der Waals surface area contributed by atoms with Crippen LogP contribution in [0.3, 0.4) is 0 Å². The maximum Gasteiger partial charge on any atom is 0.162 e. The zero-order chi connectivity index (χ0) is 12.3. The molecule has 3 nitrogen and oxygen atoms in total. The number of hydrogen-bond donors (Lipinski definition) is 1. The highest BCUT2D eigenvalue weighted by Crippen LogP contribution is 2.22. The van der Waals surface area contributed by atoms with Crippen LogP contribution < -0.4 is 10.2 Å². The van der Waals surface area contributed by atoms with Crippen molar-refractivity contribution in [2.45, 2.75) is 13.3 Å². The van der Waals surface area contributed by atoms with Crippen LogP contribution in [0, 0.1) is 5.82 Å². The molecule has 2 rings (SSSR count). The molecule has 1 fully saturated rings. The molecule has 17 heavy (non-hydrogen) atoms. The number of Topliss-reactive ketones (excluding diaryl/α,β-unsaturated/α-hetero) is 1. The second-order valence-electron chi connectivity index (χ2n) is 4.18. The lowest BCUT2D eigenvalue weighted by Crippen LogP contribution is -2.43. The summed E-state index contributed by atoms with van der Waals surface area (Å²) >= 11 is 0. The summed E-state index contributed by atoms with van der Waals surface area (Å²) in [4.78, 5) is 13.6. The SMILES string of the molecule is CCC(=O)c1ccc(F)c(N2CCNCC2)c1. The van der Waals surface area contributed by atoms with Gasteiger partial charge in [0.05, 0.1) is 5.69 Å². The molecule has 4 heteroatoms. The van der Waals surface area contributed by atoms with Gasteiger partial charge >= 0.3 is 0 Å². The van der Waals surface area contributed by atoms with Crippen LogP contribution in [0.25, 0.3) is 0 Å². The number of carbonyl (C=O) groups excluding carboxylic acids is 1. The Hall–Kier alpha value is -1.42. The molecule has 0 saturated carbocycles. The Bertz CT molecular complexity index is 414. The van der Waals surface area contributed by atoms with Gasteiger partial charge in [0.25, 0.3) is 0 Å². The van der Waals surface area contributed by atoms with Crippen molar-refractivity contribution < 1.29 is 9.18 Å². The molecule has 0 aliphatic carbocycles. The predicted molar refractivity (Wildman–Crippen MR) is 66.1 cm³/mol. The number of halogens is 1. The minimum Gasteiger partial charge on any atom is -0.367 e. The summed E-state index contributed by atoms with van der Waals surface area (Å²) in [7, 11) is 0. The number of anilines is 1. The normalized spacial score (nSPS) is 16.0. The summed E-state index contributed by atoms with van der Waals surface area (Å²) in [5, 5.41) is 3.22. The Morgan fingerprint density at radius 1 is 1.41 bits per heavy atom. The van der Waals surface area contributed by atoms with Crippen LogP contribution >= 0.6 is 0 Å². The summed E-state index contributed by atoms with van der Waals surface area (Å²) in [6.07, 6.45) is 0.451. The van der Waals surface area contributed by atoms with Crippen LogP contribution in [0.15, 0.2) is 18.2 Å². The third-order valence-corrected chi connectivity index (χ3v) is 3.05. The number of hydrogen-bond acceptors (Lipinski definition) is 3. The average molecular weight is 236 g/mol. The van der Waals surface area contributed by atoms with Gasteiger partial charge in [-0.15, -0.1) is 0 Å². The van der Waals surface area contributed by atoms with E-state index in [1.165, 1.54) is 6.07 Å². The Kier molecular flexibility index (Phi) is 3.74. The molecule has 92 valence electrons. The maximum atomic E-state index is 13.7. The van der Waals surface area contributed by atoms with Crippen LogP contribution in [0.4, 0.5) is 10.1 Å². The summed E-state index contributed by atoms with van der Waals surface area (Å²) < 4.78 is 13.7. The highest BCUT2D eigenvalue weighted by molar-refractivity contribution is 5.96. The van der Waals surface area contributed by atoms with Crippen molar-refractivity contribution in [3.8, 4) is 0 Å². The highest BCUT2D eigenvalue weighted by atomic mass is 19.1. The molecule has 1 aliphatic heterocycles. The van der Waals surface area contributed by atoms with Crippen LogP contribution in [-0.4, -0.2) is 32.0 Å². The van der Waals surface area contributed by atoms with Crippen molar-refractivity contribution in [2.75, 3.05) is 31.1 Å². The standard InChI is InChI=1S/C13H17FN2O/c1-2-13(17)10-3-4-11(14)12(9-10)16-7-5-15-6-8-16/h3-4,9,15H,2,5-8H2,1H3. The monoisotopic (exact) mass is 236 g/mol. The van der Waals surface area contributed by atoms with Crippen LogP contribution in [-0.2, 0) is 0 Å². The van der Waals surface area contributed by atoms with Gasteiger partial charge in [-0.2, -0.15) is 0 Å². The van der Waals surface area contributed by atoms with E-state index < -0.39 is 0 Å². The Morgan fingerprint density at radius 2 is 2.12 bits per heavy atom. The van der Waals surface area contributed by atoms with Crippen molar-refractivity contribution in [1.29, 1.82) is 0 Å². The molecular weight excluding hydrogens is 219 g/mol. The van der Waals surface area contributed by atoms with Gasteiger partial charge < -0.3 is 10.2 Å². The molecular formula is C13H17FN2O.